The van der Waals surface area contributed by atoms with Crippen molar-refractivity contribution in [1.29, 1.82) is 0 Å². The lowest BCUT2D eigenvalue weighted by Crippen LogP contribution is -2.37. The van der Waals surface area contributed by atoms with Gasteiger partial charge in [0, 0.05) is 45.1 Å². The molecular weight excluding hydrogens is 312 g/mol. The maximum absolute atomic E-state index is 12.0. The second-order valence-corrected chi connectivity index (χ2v) is 5.79. The number of aromatic nitrogens is 2. The second-order valence-electron chi connectivity index (χ2n) is 5.79. The first-order chi connectivity index (χ1) is 11.8. The number of amides is 1. The zero-order valence-corrected chi connectivity index (χ0v) is 14.0. The Bertz CT molecular complexity index is 551. The molecule has 1 aromatic rings. The summed E-state index contributed by atoms with van der Waals surface area (Å²) in [5.74, 6) is 1.29. The Hall–Kier alpha value is -1.93. The molecule has 8 nitrogen and oxygen atoms in total. The molecule has 2 aliphatic rings. The number of rotatable bonds is 6. The molecule has 1 atom stereocenters. The van der Waals surface area contributed by atoms with Crippen molar-refractivity contribution in [3.8, 4) is 5.88 Å². The number of hydrogen-bond acceptors (Lipinski definition) is 7. The fourth-order valence-electron chi connectivity index (χ4n) is 2.88. The average Bonchev–Trinajstić information content (AvgIpc) is 3.09. The molecule has 0 radical (unpaired) electrons. The summed E-state index contributed by atoms with van der Waals surface area (Å²) in [6, 6.07) is 0. The van der Waals surface area contributed by atoms with E-state index in [2.05, 4.69) is 14.9 Å². The standard InChI is InChI=1S/C16H24N4O4/c1-2-22-12-14(21)20-6-3-13(11-20)24-16-15(17-4-5-18-16)19-7-9-23-10-8-19/h4-5,13H,2-3,6-12H2,1H3. The van der Waals surface area contributed by atoms with E-state index in [1.165, 1.54) is 0 Å². The molecule has 1 aromatic heterocycles. The molecule has 0 N–H and O–H groups in total. The molecule has 0 saturated carbocycles. The molecule has 0 aliphatic carbocycles. The minimum Gasteiger partial charge on any atom is -0.470 e. The van der Waals surface area contributed by atoms with Gasteiger partial charge in [-0.3, -0.25) is 4.79 Å². The van der Waals surface area contributed by atoms with Gasteiger partial charge < -0.3 is 24.0 Å². The molecule has 1 unspecified atom stereocenters. The molecule has 3 heterocycles. The largest absolute Gasteiger partial charge is 0.470 e. The molecule has 0 aromatic carbocycles. The summed E-state index contributed by atoms with van der Waals surface area (Å²) < 4.78 is 16.6. The normalized spacial score (nSPS) is 21.1. The molecule has 2 fully saturated rings. The van der Waals surface area contributed by atoms with Gasteiger partial charge in [0.25, 0.3) is 5.88 Å². The van der Waals surface area contributed by atoms with Crippen LogP contribution in [0.1, 0.15) is 13.3 Å². The summed E-state index contributed by atoms with van der Waals surface area (Å²) in [6.07, 6.45) is 4.03. The number of likely N-dealkylation sites (tertiary alicyclic amines) is 1. The van der Waals surface area contributed by atoms with E-state index < -0.39 is 0 Å². The highest BCUT2D eigenvalue weighted by Crippen LogP contribution is 2.26. The SMILES string of the molecule is CCOCC(=O)N1CCC(Oc2nccnc2N2CCOCC2)C1. The van der Waals surface area contributed by atoms with Gasteiger partial charge in [-0.2, -0.15) is 0 Å². The highest BCUT2D eigenvalue weighted by Gasteiger charge is 2.29. The van der Waals surface area contributed by atoms with E-state index in [4.69, 9.17) is 14.2 Å². The van der Waals surface area contributed by atoms with Gasteiger partial charge in [0.05, 0.1) is 19.8 Å². The molecule has 2 aliphatic heterocycles. The van der Waals surface area contributed by atoms with Crippen molar-refractivity contribution in [1.82, 2.24) is 14.9 Å². The number of ether oxygens (including phenoxy) is 3. The van der Waals surface area contributed by atoms with Crippen molar-refractivity contribution >= 4 is 11.7 Å². The predicted molar refractivity (Wildman–Crippen MR) is 87.2 cm³/mol. The van der Waals surface area contributed by atoms with Gasteiger partial charge in [-0.05, 0) is 6.92 Å². The molecule has 1 amide bonds. The Kier molecular flexibility index (Phi) is 5.81. The number of morpholine rings is 1. The van der Waals surface area contributed by atoms with E-state index in [0.717, 1.165) is 25.3 Å². The van der Waals surface area contributed by atoms with Crippen molar-refractivity contribution in [3.05, 3.63) is 12.4 Å². The Morgan fingerprint density at radius 1 is 1.29 bits per heavy atom. The summed E-state index contributed by atoms with van der Waals surface area (Å²) in [5.41, 5.74) is 0. The Morgan fingerprint density at radius 2 is 2.08 bits per heavy atom. The van der Waals surface area contributed by atoms with Crippen LogP contribution in [0.5, 0.6) is 5.88 Å². The van der Waals surface area contributed by atoms with Gasteiger partial charge in [0.2, 0.25) is 5.91 Å². The summed E-state index contributed by atoms with van der Waals surface area (Å²) in [5, 5.41) is 0. The third-order valence-corrected chi connectivity index (χ3v) is 4.16. The number of carbonyl (C=O) groups is 1. The molecule has 8 heteroatoms. The van der Waals surface area contributed by atoms with E-state index in [0.29, 0.717) is 38.8 Å². The first-order valence-corrected chi connectivity index (χ1v) is 8.43. The fourth-order valence-corrected chi connectivity index (χ4v) is 2.88. The molecule has 3 rings (SSSR count). The lowest BCUT2D eigenvalue weighted by molar-refractivity contribution is -0.135. The van der Waals surface area contributed by atoms with Gasteiger partial charge in [0.15, 0.2) is 5.82 Å². The number of hydrogen-bond donors (Lipinski definition) is 0. The van der Waals surface area contributed by atoms with Crippen LogP contribution < -0.4 is 9.64 Å². The summed E-state index contributed by atoms with van der Waals surface area (Å²) in [6.45, 7) is 6.71. The Labute approximate surface area is 141 Å². The van der Waals surface area contributed by atoms with E-state index in [1.54, 1.807) is 17.3 Å². The zero-order valence-electron chi connectivity index (χ0n) is 14.0. The summed E-state index contributed by atoms with van der Waals surface area (Å²) in [7, 11) is 0. The topological polar surface area (TPSA) is 77.0 Å². The van der Waals surface area contributed by atoms with Crippen LogP contribution in [0, 0.1) is 0 Å². The van der Waals surface area contributed by atoms with Gasteiger partial charge >= 0.3 is 0 Å². The minimum atomic E-state index is -0.0629. The Morgan fingerprint density at radius 3 is 2.88 bits per heavy atom. The summed E-state index contributed by atoms with van der Waals surface area (Å²) in [4.78, 5) is 24.7. The van der Waals surface area contributed by atoms with Crippen molar-refractivity contribution in [2.75, 3.05) is 57.5 Å². The predicted octanol–water partition coefficient (Wildman–Crippen LogP) is 0.329. The lowest BCUT2D eigenvalue weighted by Gasteiger charge is -2.29. The van der Waals surface area contributed by atoms with Gasteiger partial charge in [-0.25, -0.2) is 9.97 Å². The van der Waals surface area contributed by atoms with Crippen LogP contribution >= 0.6 is 0 Å². The molecule has 132 valence electrons. The van der Waals surface area contributed by atoms with Crippen molar-refractivity contribution < 1.29 is 19.0 Å². The zero-order chi connectivity index (χ0) is 16.8. The lowest BCUT2D eigenvalue weighted by atomic mass is 10.3. The highest BCUT2D eigenvalue weighted by atomic mass is 16.5. The maximum Gasteiger partial charge on any atom is 0.257 e. The first-order valence-electron chi connectivity index (χ1n) is 8.43. The number of nitrogens with zero attached hydrogens (tertiary/aromatic N) is 4. The Balaban J connectivity index is 1.59. The van der Waals surface area contributed by atoms with Crippen LogP contribution in [0.15, 0.2) is 12.4 Å². The van der Waals surface area contributed by atoms with Gasteiger partial charge in [0.1, 0.15) is 12.7 Å². The number of carbonyl (C=O) groups excluding carboxylic acids is 1. The van der Waals surface area contributed by atoms with Gasteiger partial charge in [-0.15, -0.1) is 0 Å². The molecule has 2 saturated heterocycles. The van der Waals surface area contributed by atoms with Crippen LogP contribution in [0.4, 0.5) is 5.82 Å². The van der Waals surface area contributed by atoms with Crippen LogP contribution in [0.2, 0.25) is 0 Å². The van der Waals surface area contributed by atoms with Crippen LogP contribution in [-0.2, 0) is 14.3 Å². The van der Waals surface area contributed by atoms with Crippen LogP contribution in [-0.4, -0.2) is 79.5 Å². The molecular formula is C16H24N4O4. The van der Waals surface area contributed by atoms with Gasteiger partial charge in [-0.1, -0.05) is 0 Å². The van der Waals surface area contributed by atoms with E-state index in [1.807, 2.05) is 6.92 Å². The smallest absolute Gasteiger partial charge is 0.257 e. The minimum absolute atomic E-state index is 0.00972. The van der Waals surface area contributed by atoms with E-state index >= 15 is 0 Å². The maximum atomic E-state index is 12.0. The molecule has 0 spiro atoms. The highest BCUT2D eigenvalue weighted by molar-refractivity contribution is 5.77. The van der Waals surface area contributed by atoms with Crippen LogP contribution in [0.25, 0.3) is 0 Å². The fraction of sp³-hybridized carbons (Fsp3) is 0.688. The third kappa shape index (κ3) is 4.12. The van der Waals surface area contributed by atoms with Crippen molar-refractivity contribution in [3.63, 3.8) is 0 Å². The monoisotopic (exact) mass is 336 g/mol. The van der Waals surface area contributed by atoms with Crippen LogP contribution in [0.3, 0.4) is 0 Å². The van der Waals surface area contributed by atoms with Crippen molar-refractivity contribution in [2.45, 2.75) is 19.4 Å². The first kappa shape index (κ1) is 16.9. The average molecular weight is 336 g/mol. The number of anilines is 1. The van der Waals surface area contributed by atoms with Crippen molar-refractivity contribution in [2.24, 2.45) is 0 Å². The third-order valence-electron chi connectivity index (χ3n) is 4.16. The van der Waals surface area contributed by atoms with E-state index in [-0.39, 0.29) is 18.6 Å². The summed E-state index contributed by atoms with van der Waals surface area (Å²) >= 11 is 0. The molecule has 0 bridgehead atoms. The molecule has 24 heavy (non-hydrogen) atoms. The second kappa shape index (κ2) is 8.25. The quantitative estimate of drug-likeness (QED) is 0.741. The van der Waals surface area contributed by atoms with E-state index in [9.17, 15) is 4.79 Å².